The lowest BCUT2D eigenvalue weighted by molar-refractivity contribution is -0.139. The van der Waals surface area contributed by atoms with Crippen molar-refractivity contribution in [2.45, 2.75) is 82.9 Å². The molecule has 1 aromatic carbocycles. The molecule has 0 radical (unpaired) electrons. The first-order chi connectivity index (χ1) is 16.4. The van der Waals surface area contributed by atoms with Crippen LogP contribution in [0.3, 0.4) is 0 Å². The lowest BCUT2D eigenvalue weighted by atomic mass is 9.83. The third kappa shape index (κ3) is 5.05. The van der Waals surface area contributed by atoms with Gasteiger partial charge in [-0.2, -0.15) is 0 Å². The number of Topliss-reactive ketones (excluding diaryl/α,β-unsaturated/α-hetero) is 1. The van der Waals surface area contributed by atoms with Gasteiger partial charge in [-0.3, -0.25) is 15.3 Å². The Morgan fingerprint density at radius 2 is 1.88 bits per heavy atom. The van der Waals surface area contributed by atoms with Crippen LogP contribution in [-0.2, 0) is 9.59 Å². The second-order valence-electron chi connectivity index (χ2n) is 10.3. The van der Waals surface area contributed by atoms with E-state index in [1.165, 1.54) is 4.90 Å². The summed E-state index contributed by atoms with van der Waals surface area (Å²) in [6, 6.07) is 7.66. The minimum Gasteiger partial charge on any atom is -0.392 e. The van der Waals surface area contributed by atoms with Crippen LogP contribution in [-0.4, -0.2) is 59.4 Å². The average Bonchev–Trinajstić information content (AvgIpc) is 3.70. The van der Waals surface area contributed by atoms with Gasteiger partial charge >= 0.3 is 0 Å². The number of carbonyl (C=O) groups is 2. The third-order valence-corrected chi connectivity index (χ3v) is 7.64. The average molecular weight is 469 g/mol. The summed E-state index contributed by atoms with van der Waals surface area (Å²) in [5, 5.41) is 11.0. The molecule has 4 rings (SSSR count). The molecule has 0 aromatic heterocycles. The van der Waals surface area contributed by atoms with Crippen LogP contribution in [0.5, 0.6) is 0 Å². The number of benzodiazepines with no additional fused rings is 1. The topological polar surface area (TPSA) is 99.2 Å². The number of ketones is 1. The number of amidine groups is 1. The van der Waals surface area contributed by atoms with Gasteiger partial charge in [0.2, 0.25) is 5.66 Å². The molecule has 3 aliphatic rings. The summed E-state index contributed by atoms with van der Waals surface area (Å²) >= 11 is 0. The van der Waals surface area contributed by atoms with Gasteiger partial charge in [0, 0.05) is 31.6 Å². The van der Waals surface area contributed by atoms with Crippen LogP contribution in [0.2, 0.25) is 0 Å². The van der Waals surface area contributed by atoms with Crippen LogP contribution in [0, 0.1) is 11.8 Å². The van der Waals surface area contributed by atoms with E-state index in [0.29, 0.717) is 30.3 Å². The van der Waals surface area contributed by atoms with Crippen LogP contribution in [0.25, 0.3) is 0 Å². The number of rotatable bonds is 8. The number of benzene rings is 1. The summed E-state index contributed by atoms with van der Waals surface area (Å²) in [5.74, 6) is -0.618. The highest BCUT2D eigenvalue weighted by molar-refractivity contribution is 6.22. The van der Waals surface area contributed by atoms with Gasteiger partial charge in [0.25, 0.3) is 5.91 Å². The van der Waals surface area contributed by atoms with E-state index in [1.807, 2.05) is 24.3 Å². The maximum absolute atomic E-state index is 14.1. The number of nitrogens with zero attached hydrogens (tertiary/aromatic N) is 3. The summed E-state index contributed by atoms with van der Waals surface area (Å²) in [7, 11) is 1.67. The standard InChI is InChI=1S/C27H40N4O3/c1-3-4-13-23(32)21(18-19-14-15-19)24(33)27(28)26(34)30(2)22-12-8-7-11-20(22)25(29-27)31-16-9-5-6-10-17-31/h7-8,11-12,19,21,23,32H,3-6,9-10,13-18,28H2,1-2H3/t21-,23+,27?/m1/s1. The van der Waals surface area contributed by atoms with E-state index < -0.39 is 29.4 Å². The van der Waals surface area contributed by atoms with Crippen LogP contribution in [0.15, 0.2) is 29.3 Å². The van der Waals surface area contributed by atoms with E-state index in [9.17, 15) is 14.7 Å². The molecule has 2 aliphatic heterocycles. The lowest BCUT2D eigenvalue weighted by Crippen LogP contribution is -2.61. The van der Waals surface area contributed by atoms with Gasteiger partial charge in [0.05, 0.1) is 11.8 Å². The van der Waals surface area contributed by atoms with Gasteiger partial charge in [0.15, 0.2) is 5.78 Å². The van der Waals surface area contributed by atoms with Gasteiger partial charge in [-0.15, -0.1) is 0 Å². The van der Waals surface area contributed by atoms with Crippen molar-refractivity contribution in [1.29, 1.82) is 0 Å². The van der Waals surface area contributed by atoms with E-state index >= 15 is 0 Å². The zero-order chi connectivity index (χ0) is 24.3. The van der Waals surface area contributed by atoms with Crippen LogP contribution >= 0.6 is 0 Å². The molecule has 1 saturated carbocycles. The number of aliphatic hydroxyl groups excluding tert-OH is 1. The van der Waals surface area contributed by atoms with E-state index in [1.54, 1.807) is 7.05 Å². The number of hydrogen-bond acceptors (Lipinski definition) is 6. The number of nitrogens with two attached hydrogens (primary N) is 1. The number of fused-ring (bicyclic) bond motifs is 1. The van der Waals surface area contributed by atoms with Crippen molar-refractivity contribution in [2.75, 3.05) is 25.0 Å². The van der Waals surface area contributed by atoms with E-state index in [4.69, 9.17) is 10.7 Å². The Bertz CT molecular complexity index is 920. The normalized spacial score (nSPS) is 25.2. The van der Waals surface area contributed by atoms with Crippen LogP contribution in [0.1, 0.15) is 76.7 Å². The van der Waals surface area contributed by atoms with E-state index in [0.717, 1.165) is 70.0 Å². The molecular formula is C27H40N4O3. The SMILES string of the molecule is CCCC[C@H](O)[C@@H](CC1CC1)C(=O)C1(N)N=C(N2CCCCCC2)c2ccccc2N(C)C1=O. The number of aliphatic imine (C=N–C) groups is 1. The van der Waals surface area contributed by atoms with Crippen molar-refractivity contribution in [2.24, 2.45) is 22.6 Å². The lowest BCUT2D eigenvalue weighted by Gasteiger charge is -2.32. The molecule has 3 atom stereocenters. The Morgan fingerprint density at radius 1 is 1.21 bits per heavy atom. The second kappa shape index (κ2) is 10.6. The number of hydrogen-bond donors (Lipinski definition) is 2. The molecule has 1 unspecified atom stereocenters. The van der Waals surface area contributed by atoms with E-state index in [-0.39, 0.29) is 0 Å². The molecule has 2 fully saturated rings. The summed E-state index contributed by atoms with van der Waals surface area (Å²) in [5.41, 5.74) is 6.23. The Labute approximate surface area is 203 Å². The Kier molecular flexibility index (Phi) is 7.73. The van der Waals surface area contributed by atoms with Crippen molar-refractivity contribution >= 4 is 23.2 Å². The number of unbranched alkanes of at least 4 members (excludes halogenated alkanes) is 1. The monoisotopic (exact) mass is 468 g/mol. The maximum Gasteiger partial charge on any atom is 0.277 e. The maximum atomic E-state index is 14.1. The molecule has 2 heterocycles. The fraction of sp³-hybridized carbons (Fsp3) is 0.667. The number of para-hydroxylation sites is 1. The largest absolute Gasteiger partial charge is 0.392 e. The van der Waals surface area contributed by atoms with Gasteiger partial charge in [0.1, 0.15) is 5.84 Å². The molecule has 7 nitrogen and oxygen atoms in total. The number of likely N-dealkylation sites (tertiary alicyclic amines) is 1. The Hall–Kier alpha value is -2.25. The van der Waals surface area contributed by atoms with Crippen LogP contribution in [0.4, 0.5) is 5.69 Å². The molecule has 1 aliphatic carbocycles. The molecule has 1 amide bonds. The number of anilines is 1. The molecule has 3 N–H and O–H groups in total. The van der Waals surface area contributed by atoms with Gasteiger partial charge < -0.3 is 14.9 Å². The minimum atomic E-state index is -2.05. The fourth-order valence-corrected chi connectivity index (χ4v) is 5.33. The Balaban J connectivity index is 1.77. The van der Waals surface area contributed by atoms with Crippen molar-refractivity contribution in [3.05, 3.63) is 29.8 Å². The molecule has 0 bridgehead atoms. The summed E-state index contributed by atoms with van der Waals surface area (Å²) in [4.78, 5) is 36.4. The van der Waals surface area contributed by atoms with Crippen molar-refractivity contribution in [1.82, 2.24) is 4.90 Å². The van der Waals surface area contributed by atoms with Gasteiger partial charge in [-0.25, -0.2) is 4.99 Å². The first kappa shape index (κ1) is 24.9. The highest BCUT2D eigenvalue weighted by Crippen LogP contribution is 2.39. The molecule has 1 aromatic rings. The molecular weight excluding hydrogens is 428 g/mol. The van der Waals surface area contributed by atoms with Gasteiger partial charge in [-0.05, 0) is 43.7 Å². The quantitative estimate of drug-likeness (QED) is 0.569. The summed E-state index contributed by atoms with van der Waals surface area (Å²) in [6.45, 7) is 3.70. The second-order valence-corrected chi connectivity index (χ2v) is 10.3. The van der Waals surface area contributed by atoms with Crippen LogP contribution < -0.4 is 10.6 Å². The zero-order valence-corrected chi connectivity index (χ0v) is 20.7. The Morgan fingerprint density at radius 3 is 2.53 bits per heavy atom. The molecule has 186 valence electrons. The minimum absolute atomic E-state index is 0.415. The summed E-state index contributed by atoms with van der Waals surface area (Å²) in [6.07, 6.45) is 8.56. The predicted molar refractivity (Wildman–Crippen MR) is 135 cm³/mol. The highest BCUT2D eigenvalue weighted by Gasteiger charge is 2.51. The summed E-state index contributed by atoms with van der Waals surface area (Å²) < 4.78 is 0. The third-order valence-electron chi connectivity index (χ3n) is 7.64. The molecule has 0 spiro atoms. The number of aliphatic hydroxyl groups is 1. The molecule has 34 heavy (non-hydrogen) atoms. The number of carbonyl (C=O) groups excluding carboxylic acids is 2. The number of likely N-dealkylation sites (N-methyl/N-ethyl adjacent to an activating group) is 1. The smallest absolute Gasteiger partial charge is 0.277 e. The first-order valence-corrected chi connectivity index (χ1v) is 13.1. The first-order valence-electron chi connectivity index (χ1n) is 13.1. The predicted octanol–water partition coefficient (Wildman–Crippen LogP) is 3.48. The van der Waals surface area contributed by atoms with Crippen molar-refractivity contribution < 1.29 is 14.7 Å². The number of amides is 1. The molecule has 7 heteroatoms. The van der Waals surface area contributed by atoms with Crippen molar-refractivity contribution in [3.63, 3.8) is 0 Å². The fourth-order valence-electron chi connectivity index (χ4n) is 5.33. The van der Waals surface area contributed by atoms with Crippen molar-refractivity contribution in [3.8, 4) is 0 Å². The van der Waals surface area contributed by atoms with E-state index in [2.05, 4.69) is 11.8 Å². The highest BCUT2D eigenvalue weighted by atomic mass is 16.3. The van der Waals surface area contributed by atoms with Gasteiger partial charge in [-0.1, -0.05) is 57.6 Å². The molecule has 1 saturated heterocycles. The zero-order valence-electron chi connectivity index (χ0n) is 20.7.